The van der Waals surface area contributed by atoms with Gasteiger partial charge in [0, 0.05) is 24.3 Å². The summed E-state index contributed by atoms with van der Waals surface area (Å²) in [6, 6.07) is 9.92. The molecule has 0 spiro atoms. The maximum absolute atomic E-state index is 11.8. The van der Waals surface area contributed by atoms with E-state index in [4.69, 9.17) is 0 Å². The number of rotatable bonds is 3. The second-order valence-electron chi connectivity index (χ2n) is 4.62. The number of Topliss-reactive ketones (excluding diaryl/α,β-unsaturated/α-hetero) is 1. The van der Waals surface area contributed by atoms with Crippen LogP contribution < -0.4 is 0 Å². The zero-order chi connectivity index (χ0) is 11.9. The van der Waals surface area contributed by atoms with Gasteiger partial charge in [0.05, 0.1) is 0 Å². The van der Waals surface area contributed by atoms with Crippen LogP contribution >= 0.6 is 0 Å². The average Bonchev–Trinajstić information content (AvgIpc) is 2.89. The minimum absolute atomic E-state index is 0.341. The second-order valence-corrected chi connectivity index (χ2v) is 4.62. The van der Waals surface area contributed by atoms with E-state index in [-0.39, 0.29) is 0 Å². The molecule has 0 saturated heterocycles. The Morgan fingerprint density at radius 3 is 2.59 bits per heavy atom. The van der Waals surface area contributed by atoms with Crippen molar-refractivity contribution in [1.82, 2.24) is 0 Å². The molecule has 88 valence electrons. The van der Waals surface area contributed by atoms with Gasteiger partial charge in [-0.15, -0.1) is 0 Å². The minimum atomic E-state index is 0.341. The molecule has 1 nitrogen and oxygen atoms in total. The van der Waals surface area contributed by atoms with Gasteiger partial charge in [0.15, 0.2) is 0 Å². The van der Waals surface area contributed by atoms with Gasteiger partial charge < -0.3 is 0 Å². The molecule has 0 amide bonds. The molecule has 1 saturated carbocycles. The summed E-state index contributed by atoms with van der Waals surface area (Å²) in [5, 5.41) is 0. The Morgan fingerprint density at radius 2 is 1.88 bits per heavy atom. The van der Waals surface area contributed by atoms with Gasteiger partial charge in [0.25, 0.3) is 0 Å². The second kappa shape index (κ2) is 6.25. The van der Waals surface area contributed by atoms with Crippen LogP contribution in [0.25, 0.3) is 0 Å². The molecule has 0 aliphatic heterocycles. The van der Waals surface area contributed by atoms with Gasteiger partial charge in [0.2, 0.25) is 0 Å². The molecule has 0 atom stereocenters. The highest BCUT2D eigenvalue weighted by Gasteiger charge is 2.21. The van der Waals surface area contributed by atoms with Crippen molar-refractivity contribution in [3.8, 4) is 11.8 Å². The first kappa shape index (κ1) is 11.9. The Labute approximate surface area is 103 Å². The summed E-state index contributed by atoms with van der Waals surface area (Å²) in [6.07, 6.45) is 5.99. The highest BCUT2D eigenvalue weighted by atomic mass is 16.1. The quantitative estimate of drug-likeness (QED) is 0.720. The molecule has 1 aliphatic rings. The fourth-order valence-electron chi connectivity index (χ4n) is 2.32. The van der Waals surface area contributed by atoms with Crippen LogP contribution in [0.2, 0.25) is 0 Å². The zero-order valence-corrected chi connectivity index (χ0v) is 10.1. The smallest absolute Gasteiger partial charge is 0.136 e. The van der Waals surface area contributed by atoms with E-state index in [1.807, 2.05) is 30.3 Å². The Hall–Kier alpha value is -1.55. The number of hydrogen-bond acceptors (Lipinski definition) is 1. The first-order valence-electron chi connectivity index (χ1n) is 6.43. The zero-order valence-electron chi connectivity index (χ0n) is 10.1. The predicted molar refractivity (Wildman–Crippen MR) is 69.5 cm³/mol. The molecule has 1 aromatic rings. The Kier molecular flexibility index (Phi) is 4.38. The first-order valence-corrected chi connectivity index (χ1v) is 6.43. The summed E-state index contributed by atoms with van der Waals surface area (Å²) in [7, 11) is 0. The highest BCUT2D eigenvalue weighted by molar-refractivity contribution is 5.81. The Bertz CT molecular complexity index is 416. The van der Waals surface area contributed by atoms with E-state index in [0.717, 1.165) is 18.4 Å². The van der Waals surface area contributed by atoms with Crippen molar-refractivity contribution in [2.45, 2.75) is 38.5 Å². The van der Waals surface area contributed by atoms with Gasteiger partial charge in [-0.05, 0) is 25.0 Å². The monoisotopic (exact) mass is 226 g/mol. The van der Waals surface area contributed by atoms with Crippen molar-refractivity contribution in [3.63, 3.8) is 0 Å². The normalized spacial score (nSPS) is 15.3. The molecule has 0 heterocycles. The summed E-state index contributed by atoms with van der Waals surface area (Å²) < 4.78 is 0. The fraction of sp³-hybridized carbons (Fsp3) is 0.438. The fourth-order valence-corrected chi connectivity index (χ4v) is 2.32. The van der Waals surface area contributed by atoms with Crippen LogP contribution in [0.5, 0.6) is 0 Å². The van der Waals surface area contributed by atoms with Crippen molar-refractivity contribution in [2.24, 2.45) is 5.92 Å². The molecule has 0 aromatic heterocycles. The van der Waals surface area contributed by atoms with Crippen LogP contribution in [0.15, 0.2) is 30.3 Å². The van der Waals surface area contributed by atoms with Crippen molar-refractivity contribution in [3.05, 3.63) is 35.9 Å². The van der Waals surface area contributed by atoms with Crippen molar-refractivity contribution in [1.29, 1.82) is 0 Å². The summed E-state index contributed by atoms with van der Waals surface area (Å²) in [5.41, 5.74) is 1.03. The van der Waals surface area contributed by atoms with Gasteiger partial charge in [-0.1, -0.05) is 42.9 Å². The van der Waals surface area contributed by atoms with Crippen LogP contribution in [0.3, 0.4) is 0 Å². The molecule has 0 bridgehead atoms. The molecule has 0 unspecified atom stereocenters. The molecule has 1 aromatic carbocycles. The van der Waals surface area contributed by atoms with Crippen LogP contribution in [0.1, 0.15) is 44.1 Å². The highest BCUT2D eigenvalue weighted by Crippen LogP contribution is 2.26. The van der Waals surface area contributed by atoms with Gasteiger partial charge in [-0.2, -0.15) is 0 Å². The summed E-state index contributed by atoms with van der Waals surface area (Å²) in [4.78, 5) is 11.8. The summed E-state index contributed by atoms with van der Waals surface area (Å²) in [5.74, 6) is 6.94. The van der Waals surface area contributed by atoms with E-state index < -0.39 is 0 Å². The summed E-state index contributed by atoms with van der Waals surface area (Å²) in [6.45, 7) is 0. The van der Waals surface area contributed by atoms with E-state index in [1.165, 1.54) is 12.8 Å². The Morgan fingerprint density at radius 1 is 1.18 bits per heavy atom. The van der Waals surface area contributed by atoms with Crippen LogP contribution in [-0.4, -0.2) is 5.78 Å². The van der Waals surface area contributed by atoms with E-state index >= 15 is 0 Å². The standard InChI is InChI=1S/C16H18O/c17-16(15-11-5-6-12-15)13-7-4-10-14-8-2-1-3-9-14/h1-3,8-9,15H,5-7,11-13H2. The number of hydrogen-bond donors (Lipinski definition) is 0. The summed E-state index contributed by atoms with van der Waals surface area (Å²) >= 11 is 0. The topological polar surface area (TPSA) is 17.1 Å². The van der Waals surface area contributed by atoms with Gasteiger partial charge in [0.1, 0.15) is 5.78 Å². The third-order valence-electron chi connectivity index (χ3n) is 3.31. The van der Waals surface area contributed by atoms with E-state index in [2.05, 4.69) is 11.8 Å². The lowest BCUT2D eigenvalue weighted by Gasteiger charge is -2.04. The van der Waals surface area contributed by atoms with Crippen molar-refractivity contribution < 1.29 is 4.79 Å². The van der Waals surface area contributed by atoms with Crippen molar-refractivity contribution in [2.75, 3.05) is 0 Å². The minimum Gasteiger partial charge on any atom is -0.299 e. The Balaban J connectivity index is 1.76. The van der Waals surface area contributed by atoms with Crippen molar-refractivity contribution >= 4 is 5.78 Å². The largest absolute Gasteiger partial charge is 0.299 e. The lowest BCUT2D eigenvalue weighted by Crippen LogP contribution is -2.09. The third-order valence-corrected chi connectivity index (χ3v) is 3.31. The molecule has 0 N–H and O–H groups in total. The van der Waals surface area contributed by atoms with Gasteiger partial charge in [-0.3, -0.25) is 4.79 Å². The third kappa shape index (κ3) is 3.75. The van der Waals surface area contributed by atoms with E-state index in [1.54, 1.807) is 0 Å². The van der Waals surface area contributed by atoms with Gasteiger partial charge in [-0.25, -0.2) is 0 Å². The molecule has 1 heteroatoms. The molecule has 2 rings (SSSR count). The molecule has 1 fully saturated rings. The number of carbonyl (C=O) groups is 1. The van der Waals surface area contributed by atoms with Crippen LogP contribution in [0, 0.1) is 17.8 Å². The number of ketones is 1. The molecule has 0 radical (unpaired) electrons. The average molecular weight is 226 g/mol. The maximum atomic E-state index is 11.8. The van der Waals surface area contributed by atoms with Crippen LogP contribution in [-0.2, 0) is 4.79 Å². The lowest BCUT2D eigenvalue weighted by atomic mass is 9.99. The van der Waals surface area contributed by atoms with Crippen LogP contribution in [0.4, 0.5) is 0 Å². The number of carbonyl (C=O) groups excluding carboxylic acids is 1. The predicted octanol–water partition coefficient (Wildman–Crippen LogP) is 3.58. The SMILES string of the molecule is O=C(CCC#Cc1ccccc1)C1CCCC1. The van der Waals surface area contributed by atoms with E-state index in [0.29, 0.717) is 24.5 Å². The molecule has 1 aliphatic carbocycles. The molecular formula is C16H18O. The molecule has 17 heavy (non-hydrogen) atoms. The molecular weight excluding hydrogens is 208 g/mol. The first-order chi connectivity index (χ1) is 8.36. The number of benzene rings is 1. The lowest BCUT2D eigenvalue weighted by molar-refractivity contribution is -0.122. The van der Waals surface area contributed by atoms with Gasteiger partial charge >= 0.3 is 0 Å². The maximum Gasteiger partial charge on any atom is 0.136 e. The van der Waals surface area contributed by atoms with E-state index in [9.17, 15) is 4.79 Å².